The lowest BCUT2D eigenvalue weighted by molar-refractivity contribution is -0.137. The number of aliphatic hydroxyl groups is 2. The van der Waals surface area contributed by atoms with Gasteiger partial charge in [0.2, 0.25) is 0 Å². The van der Waals surface area contributed by atoms with Crippen molar-refractivity contribution in [3.8, 4) is 17.1 Å². The van der Waals surface area contributed by atoms with Gasteiger partial charge in [0.25, 0.3) is 0 Å². The van der Waals surface area contributed by atoms with Gasteiger partial charge in [-0.3, -0.25) is 4.90 Å². The molecule has 11 nitrogen and oxygen atoms in total. The second kappa shape index (κ2) is 12.2. The zero-order valence-corrected chi connectivity index (χ0v) is 21.9. The Labute approximate surface area is 230 Å². The smallest absolute Gasteiger partial charge is 0.420 e. The predicted molar refractivity (Wildman–Crippen MR) is 136 cm³/mol. The van der Waals surface area contributed by atoms with Crippen LogP contribution in [0.4, 0.5) is 33.6 Å². The summed E-state index contributed by atoms with van der Waals surface area (Å²) in [4.78, 5) is 20.0. The van der Waals surface area contributed by atoms with Gasteiger partial charge in [-0.1, -0.05) is 0 Å². The van der Waals surface area contributed by atoms with Gasteiger partial charge < -0.3 is 24.3 Å². The van der Waals surface area contributed by atoms with Gasteiger partial charge in [0, 0.05) is 29.7 Å². The summed E-state index contributed by atoms with van der Waals surface area (Å²) in [6.07, 6.45) is 0.147. The van der Waals surface area contributed by atoms with E-state index in [-0.39, 0.29) is 55.0 Å². The summed E-state index contributed by atoms with van der Waals surface area (Å²) >= 11 is 0. The Kier molecular flexibility index (Phi) is 8.94. The Hall–Kier alpha value is -4.02. The summed E-state index contributed by atoms with van der Waals surface area (Å²) in [6, 6.07) is 3.20. The van der Waals surface area contributed by atoms with E-state index in [0.717, 1.165) is 6.07 Å². The average Bonchev–Trinajstić information content (AvgIpc) is 3.28. The Morgan fingerprint density at radius 1 is 0.976 bits per heavy atom. The minimum Gasteiger partial charge on any atom is -0.461 e. The van der Waals surface area contributed by atoms with Crippen molar-refractivity contribution in [3.05, 3.63) is 48.7 Å². The van der Waals surface area contributed by atoms with Gasteiger partial charge in [0.15, 0.2) is 11.5 Å². The normalized spacial score (nSPS) is 12.3. The van der Waals surface area contributed by atoms with E-state index >= 15 is 0 Å². The highest BCUT2D eigenvalue weighted by Gasteiger charge is 2.39. The van der Waals surface area contributed by atoms with Crippen LogP contribution in [0.5, 0.6) is 6.01 Å². The summed E-state index contributed by atoms with van der Waals surface area (Å²) in [5.41, 5.74) is -2.13. The van der Waals surface area contributed by atoms with Crippen LogP contribution in [0.2, 0.25) is 0 Å². The highest BCUT2D eigenvalue weighted by atomic mass is 19.4. The maximum Gasteiger partial charge on any atom is 0.420 e. The van der Waals surface area contributed by atoms with Crippen LogP contribution in [0.3, 0.4) is 0 Å². The average molecular weight is 584 g/mol. The lowest BCUT2D eigenvalue weighted by Gasteiger charge is -2.25. The molecule has 0 bridgehead atoms. The van der Waals surface area contributed by atoms with Crippen LogP contribution in [-0.2, 0) is 17.5 Å². The summed E-state index contributed by atoms with van der Waals surface area (Å²) in [6.45, 7) is -0.154. The van der Waals surface area contributed by atoms with E-state index in [4.69, 9.17) is 14.6 Å². The number of rotatable bonds is 12. The van der Waals surface area contributed by atoms with Gasteiger partial charge in [-0.25, -0.2) is 24.9 Å². The number of nitrogens with zero attached hydrogens (tertiary/aromatic N) is 7. The predicted octanol–water partition coefficient (Wildman–Crippen LogP) is 3.82. The molecule has 0 saturated carbocycles. The highest BCUT2D eigenvalue weighted by molar-refractivity contribution is 5.78. The van der Waals surface area contributed by atoms with Crippen LogP contribution >= 0.6 is 0 Å². The molecule has 4 aromatic heterocycles. The molecular formula is C25H26F5N7O4. The third kappa shape index (κ3) is 7.39. The molecule has 0 saturated heterocycles. The SMILES string of the molecule is CC(C)(O)Cn1cnc2cc(C(F)(F)F)c(N(c3ccc(-c4cnc(OCCOCCO)nc4)cn3)C(F)F)nc21. The van der Waals surface area contributed by atoms with Crippen LogP contribution in [0.25, 0.3) is 22.3 Å². The minimum absolute atomic E-state index is 0.0553. The Morgan fingerprint density at radius 2 is 1.68 bits per heavy atom. The van der Waals surface area contributed by atoms with Gasteiger partial charge in [-0.15, -0.1) is 0 Å². The lowest BCUT2D eigenvalue weighted by atomic mass is 10.1. The second-order valence-corrected chi connectivity index (χ2v) is 9.38. The summed E-state index contributed by atoms with van der Waals surface area (Å²) < 4.78 is 82.3. The molecule has 0 unspecified atom stereocenters. The monoisotopic (exact) mass is 583 g/mol. The van der Waals surface area contributed by atoms with Crippen molar-refractivity contribution in [1.82, 2.24) is 29.5 Å². The minimum atomic E-state index is -5.03. The molecule has 0 amide bonds. The number of aliphatic hydroxyl groups excluding tert-OH is 1. The topological polar surface area (TPSA) is 132 Å². The molecule has 0 aliphatic heterocycles. The highest BCUT2D eigenvalue weighted by Crippen LogP contribution is 2.40. The number of halogens is 5. The molecule has 220 valence electrons. The van der Waals surface area contributed by atoms with E-state index in [9.17, 15) is 27.1 Å². The van der Waals surface area contributed by atoms with Crippen LogP contribution in [0.1, 0.15) is 19.4 Å². The number of hydrogen-bond donors (Lipinski definition) is 2. The van der Waals surface area contributed by atoms with Crippen molar-refractivity contribution in [3.63, 3.8) is 0 Å². The number of ether oxygens (including phenoxy) is 2. The first-order valence-electron chi connectivity index (χ1n) is 12.2. The van der Waals surface area contributed by atoms with Gasteiger partial charge >= 0.3 is 18.7 Å². The number of fused-ring (bicyclic) bond motifs is 1. The van der Waals surface area contributed by atoms with Crippen molar-refractivity contribution < 1.29 is 41.6 Å². The largest absolute Gasteiger partial charge is 0.461 e. The maximum absolute atomic E-state index is 14.3. The maximum atomic E-state index is 14.3. The van der Waals surface area contributed by atoms with Crippen molar-refractivity contribution in [2.45, 2.75) is 38.7 Å². The lowest BCUT2D eigenvalue weighted by Crippen LogP contribution is -2.29. The first-order chi connectivity index (χ1) is 19.4. The fraction of sp³-hybridized carbons (Fsp3) is 0.400. The quantitative estimate of drug-likeness (QED) is 0.144. The van der Waals surface area contributed by atoms with E-state index in [2.05, 4.69) is 24.9 Å². The molecule has 0 radical (unpaired) electrons. The van der Waals surface area contributed by atoms with E-state index in [0.29, 0.717) is 17.2 Å². The van der Waals surface area contributed by atoms with Crippen molar-refractivity contribution >= 4 is 22.8 Å². The van der Waals surface area contributed by atoms with Crippen LogP contribution in [0, 0.1) is 0 Å². The Bertz CT molecular complexity index is 1440. The van der Waals surface area contributed by atoms with E-state index < -0.39 is 35.5 Å². The molecule has 0 aliphatic rings. The number of aromatic nitrogens is 6. The van der Waals surface area contributed by atoms with Crippen LogP contribution in [0.15, 0.2) is 43.1 Å². The fourth-order valence-electron chi connectivity index (χ4n) is 3.80. The van der Waals surface area contributed by atoms with Crippen LogP contribution < -0.4 is 9.64 Å². The number of pyridine rings is 2. The summed E-state index contributed by atoms with van der Waals surface area (Å²) in [5.74, 6) is -1.55. The Morgan fingerprint density at radius 3 is 2.27 bits per heavy atom. The van der Waals surface area contributed by atoms with Crippen molar-refractivity contribution in [1.29, 1.82) is 0 Å². The third-order valence-electron chi connectivity index (χ3n) is 5.51. The third-order valence-corrected chi connectivity index (χ3v) is 5.51. The summed E-state index contributed by atoms with van der Waals surface area (Å²) in [7, 11) is 0. The first-order valence-corrected chi connectivity index (χ1v) is 12.2. The molecule has 0 atom stereocenters. The number of imidazole rings is 1. The van der Waals surface area contributed by atoms with Crippen molar-refractivity contribution in [2.75, 3.05) is 31.3 Å². The van der Waals surface area contributed by atoms with Gasteiger partial charge in [-0.2, -0.15) is 22.0 Å². The molecular weight excluding hydrogens is 557 g/mol. The van der Waals surface area contributed by atoms with Crippen molar-refractivity contribution in [2.24, 2.45) is 0 Å². The summed E-state index contributed by atoms with van der Waals surface area (Å²) in [5, 5.41) is 18.8. The van der Waals surface area contributed by atoms with E-state index in [1.165, 1.54) is 49.4 Å². The molecule has 0 spiro atoms. The molecule has 0 aliphatic carbocycles. The molecule has 16 heteroatoms. The molecule has 2 N–H and O–H groups in total. The van der Waals surface area contributed by atoms with Gasteiger partial charge in [0.05, 0.1) is 38.3 Å². The molecule has 4 heterocycles. The molecule has 4 rings (SSSR count). The van der Waals surface area contributed by atoms with Gasteiger partial charge in [-0.05, 0) is 32.0 Å². The van der Waals surface area contributed by atoms with Crippen LogP contribution in [-0.4, -0.2) is 78.3 Å². The zero-order valence-electron chi connectivity index (χ0n) is 21.9. The van der Waals surface area contributed by atoms with E-state index in [1.54, 1.807) is 0 Å². The zero-order chi connectivity index (χ0) is 29.8. The second-order valence-electron chi connectivity index (χ2n) is 9.38. The number of hydrogen-bond acceptors (Lipinski definition) is 10. The molecule has 41 heavy (non-hydrogen) atoms. The Balaban J connectivity index is 1.64. The molecule has 0 aromatic carbocycles. The number of anilines is 2. The standard InChI is InChI=1S/C25H26F5N7O4/c1-24(2,39)13-36-14-34-18-9-17(25(28,29)30)20(35-21(18)36)37(22(26)27)19-4-3-15(10-31-19)16-11-32-23(33-12-16)41-8-7-40-6-5-38/h3-4,9-12,14,22,38-39H,5-8,13H2,1-2H3. The first kappa shape index (κ1) is 30.0. The van der Waals surface area contributed by atoms with Gasteiger partial charge in [0.1, 0.15) is 23.5 Å². The molecule has 0 fully saturated rings. The fourth-order valence-corrected chi connectivity index (χ4v) is 3.80. The molecule has 4 aromatic rings. The number of alkyl halides is 5. The van der Waals surface area contributed by atoms with E-state index in [1.807, 2.05) is 0 Å².